The third-order valence-electron chi connectivity index (χ3n) is 2.87. The number of halogens is 1. The largest absolute Gasteiger partial charge is 0.375 e. The van der Waals surface area contributed by atoms with Crippen LogP contribution >= 0.6 is 35.3 Å². The first-order valence-electron chi connectivity index (χ1n) is 6.28. The molecule has 1 aromatic heterocycles. The van der Waals surface area contributed by atoms with Gasteiger partial charge in [-0.3, -0.25) is 0 Å². The molecule has 7 heteroatoms. The number of hydrogen-bond acceptors (Lipinski definition) is 4. The molecule has 1 aromatic rings. The minimum absolute atomic E-state index is 0. The first kappa shape index (κ1) is 16.6. The van der Waals surface area contributed by atoms with Crippen LogP contribution in [0.5, 0.6) is 0 Å². The van der Waals surface area contributed by atoms with Gasteiger partial charge in [-0.2, -0.15) is 0 Å². The van der Waals surface area contributed by atoms with E-state index in [0.29, 0.717) is 19.1 Å². The zero-order valence-electron chi connectivity index (χ0n) is 11.3. The van der Waals surface area contributed by atoms with Crippen LogP contribution in [0.2, 0.25) is 0 Å². The molecular formula is C12H21IN4OS. The van der Waals surface area contributed by atoms with Crippen LogP contribution in [0.25, 0.3) is 0 Å². The van der Waals surface area contributed by atoms with Crippen LogP contribution in [-0.2, 0) is 17.7 Å². The zero-order valence-corrected chi connectivity index (χ0v) is 14.5. The van der Waals surface area contributed by atoms with Crippen molar-refractivity contribution in [2.75, 3.05) is 19.7 Å². The lowest BCUT2D eigenvalue weighted by Crippen LogP contribution is -2.47. The van der Waals surface area contributed by atoms with E-state index in [2.05, 4.69) is 27.2 Å². The molecule has 2 rings (SSSR count). The number of guanidine groups is 1. The third-order valence-corrected chi connectivity index (χ3v) is 3.91. The SMILES string of the molecule is CCc1nc(CN=C(N)N2CCOC(C)C2)cs1.I. The molecule has 1 aliphatic heterocycles. The van der Waals surface area contributed by atoms with Crippen molar-refractivity contribution in [1.29, 1.82) is 0 Å². The number of nitrogens with two attached hydrogens (primary N) is 1. The van der Waals surface area contributed by atoms with E-state index in [1.807, 2.05) is 6.92 Å². The average Bonchev–Trinajstić information content (AvgIpc) is 2.84. The molecular weight excluding hydrogens is 375 g/mol. The van der Waals surface area contributed by atoms with E-state index in [4.69, 9.17) is 10.5 Å². The number of aryl methyl sites for hydroxylation is 1. The van der Waals surface area contributed by atoms with Crippen molar-refractivity contribution >= 4 is 41.3 Å². The fourth-order valence-electron chi connectivity index (χ4n) is 1.87. The second kappa shape index (κ2) is 8.01. The van der Waals surface area contributed by atoms with Gasteiger partial charge >= 0.3 is 0 Å². The molecule has 1 atom stereocenters. The van der Waals surface area contributed by atoms with Gasteiger partial charge in [0.1, 0.15) is 0 Å². The number of thiazole rings is 1. The first-order chi connectivity index (χ1) is 8.69. The van der Waals surface area contributed by atoms with Gasteiger partial charge in [0.15, 0.2) is 5.96 Å². The maximum Gasteiger partial charge on any atom is 0.191 e. The number of aliphatic imine (C=N–C) groups is 1. The molecule has 0 spiro atoms. The van der Waals surface area contributed by atoms with Crippen molar-refractivity contribution < 1.29 is 4.74 Å². The molecule has 0 aliphatic carbocycles. The summed E-state index contributed by atoms with van der Waals surface area (Å²) in [5, 5.41) is 3.20. The molecule has 1 aliphatic rings. The molecule has 1 unspecified atom stereocenters. The first-order valence-corrected chi connectivity index (χ1v) is 7.16. The summed E-state index contributed by atoms with van der Waals surface area (Å²) < 4.78 is 5.48. The molecule has 0 saturated carbocycles. The van der Waals surface area contributed by atoms with Gasteiger partial charge in [0.05, 0.1) is 30.0 Å². The number of hydrogen-bond donors (Lipinski definition) is 1. The Morgan fingerprint density at radius 2 is 2.47 bits per heavy atom. The summed E-state index contributed by atoms with van der Waals surface area (Å²) in [5.41, 5.74) is 6.99. The van der Waals surface area contributed by atoms with E-state index >= 15 is 0 Å². The maximum absolute atomic E-state index is 5.99. The molecule has 2 N–H and O–H groups in total. The zero-order chi connectivity index (χ0) is 13.0. The fraction of sp³-hybridized carbons (Fsp3) is 0.667. The summed E-state index contributed by atoms with van der Waals surface area (Å²) in [7, 11) is 0. The average molecular weight is 396 g/mol. The Hall–Kier alpha value is -0.410. The fourth-order valence-corrected chi connectivity index (χ4v) is 2.61. The van der Waals surface area contributed by atoms with E-state index in [0.717, 1.165) is 30.2 Å². The Labute approximate surface area is 135 Å². The predicted molar refractivity (Wildman–Crippen MR) is 89.2 cm³/mol. The van der Waals surface area contributed by atoms with Crippen molar-refractivity contribution in [3.8, 4) is 0 Å². The number of ether oxygens (including phenoxy) is 1. The standard InChI is InChI=1S/C12H20N4OS.HI/c1-3-11-15-10(8-18-11)6-14-12(13)16-4-5-17-9(2)7-16;/h8-9H,3-7H2,1-2H3,(H2,13,14);1H. The van der Waals surface area contributed by atoms with E-state index in [-0.39, 0.29) is 30.1 Å². The van der Waals surface area contributed by atoms with Crippen molar-refractivity contribution in [2.24, 2.45) is 10.7 Å². The summed E-state index contributed by atoms with van der Waals surface area (Å²) in [6, 6.07) is 0. The number of aromatic nitrogens is 1. The lowest BCUT2D eigenvalue weighted by atomic mass is 10.3. The minimum atomic E-state index is 0. The lowest BCUT2D eigenvalue weighted by molar-refractivity contribution is 0.00528. The normalized spacial score (nSPS) is 20.2. The highest BCUT2D eigenvalue weighted by molar-refractivity contribution is 14.0. The highest BCUT2D eigenvalue weighted by Gasteiger charge is 2.17. The van der Waals surface area contributed by atoms with Crippen LogP contribution in [-0.4, -0.2) is 41.6 Å². The minimum Gasteiger partial charge on any atom is -0.375 e. The van der Waals surface area contributed by atoms with Crippen LogP contribution in [0, 0.1) is 0 Å². The van der Waals surface area contributed by atoms with Crippen LogP contribution in [0.3, 0.4) is 0 Å². The third kappa shape index (κ3) is 4.88. The van der Waals surface area contributed by atoms with E-state index < -0.39 is 0 Å². The Balaban J connectivity index is 0.00000180. The quantitative estimate of drug-likeness (QED) is 0.481. The molecule has 0 aromatic carbocycles. The summed E-state index contributed by atoms with van der Waals surface area (Å²) in [5.74, 6) is 0.594. The molecule has 2 heterocycles. The topological polar surface area (TPSA) is 63.7 Å². The van der Waals surface area contributed by atoms with Gasteiger partial charge in [0, 0.05) is 18.5 Å². The van der Waals surface area contributed by atoms with Gasteiger partial charge in [-0.25, -0.2) is 9.98 Å². The van der Waals surface area contributed by atoms with Crippen LogP contribution in [0.1, 0.15) is 24.5 Å². The van der Waals surface area contributed by atoms with Crippen molar-refractivity contribution in [2.45, 2.75) is 32.9 Å². The Bertz CT molecular complexity index is 424. The Morgan fingerprint density at radius 1 is 1.68 bits per heavy atom. The van der Waals surface area contributed by atoms with Gasteiger partial charge in [-0.1, -0.05) is 6.92 Å². The summed E-state index contributed by atoms with van der Waals surface area (Å²) in [6.07, 6.45) is 1.20. The van der Waals surface area contributed by atoms with Crippen LogP contribution < -0.4 is 5.73 Å². The molecule has 5 nitrogen and oxygen atoms in total. The van der Waals surface area contributed by atoms with Gasteiger partial charge in [-0.15, -0.1) is 35.3 Å². The smallest absolute Gasteiger partial charge is 0.191 e. The lowest BCUT2D eigenvalue weighted by Gasteiger charge is -2.31. The maximum atomic E-state index is 5.99. The monoisotopic (exact) mass is 396 g/mol. The molecule has 0 bridgehead atoms. The summed E-state index contributed by atoms with van der Waals surface area (Å²) in [4.78, 5) is 11.0. The number of nitrogens with zero attached hydrogens (tertiary/aromatic N) is 3. The van der Waals surface area contributed by atoms with Crippen LogP contribution in [0.15, 0.2) is 10.4 Å². The molecule has 0 amide bonds. The van der Waals surface area contributed by atoms with Crippen molar-refractivity contribution in [3.05, 3.63) is 16.1 Å². The highest BCUT2D eigenvalue weighted by atomic mass is 127. The van der Waals surface area contributed by atoms with Crippen LogP contribution in [0.4, 0.5) is 0 Å². The van der Waals surface area contributed by atoms with E-state index in [9.17, 15) is 0 Å². The number of morpholine rings is 1. The molecule has 19 heavy (non-hydrogen) atoms. The second-order valence-corrected chi connectivity index (χ2v) is 5.33. The molecule has 108 valence electrons. The Kier molecular flexibility index (Phi) is 7.01. The molecule has 0 radical (unpaired) electrons. The molecule has 1 fully saturated rings. The van der Waals surface area contributed by atoms with Gasteiger partial charge in [-0.05, 0) is 13.3 Å². The van der Waals surface area contributed by atoms with E-state index in [1.54, 1.807) is 11.3 Å². The molecule has 1 saturated heterocycles. The number of rotatable bonds is 3. The summed E-state index contributed by atoms with van der Waals surface area (Å²) >= 11 is 1.68. The van der Waals surface area contributed by atoms with Gasteiger partial charge < -0.3 is 15.4 Å². The van der Waals surface area contributed by atoms with Gasteiger partial charge in [0.25, 0.3) is 0 Å². The van der Waals surface area contributed by atoms with Gasteiger partial charge in [0.2, 0.25) is 0 Å². The predicted octanol–water partition coefficient (Wildman–Crippen LogP) is 1.86. The second-order valence-electron chi connectivity index (χ2n) is 4.39. The Morgan fingerprint density at radius 3 is 3.11 bits per heavy atom. The highest BCUT2D eigenvalue weighted by Crippen LogP contribution is 2.11. The van der Waals surface area contributed by atoms with Crippen molar-refractivity contribution in [3.63, 3.8) is 0 Å². The van der Waals surface area contributed by atoms with Crippen molar-refractivity contribution in [1.82, 2.24) is 9.88 Å². The van der Waals surface area contributed by atoms with E-state index in [1.165, 1.54) is 0 Å². The summed E-state index contributed by atoms with van der Waals surface area (Å²) in [6.45, 7) is 7.06.